The Kier molecular flexibility index (Phi) is 6.09. The topological polar surface area (TPSA) is 51.4 Å². The minimum absolute atomic E-state index is 0.143. The van der Waals surface area contributed by atoms with Crippen LogP contribution in [0.15, 0.2) is 18.3 Å². The minimum atomic E-state index is 0.143. The van der Waals surface area contributed by atoms with Gasteiger partial charge in [0.25, 0.3) is 0 Å². The highest BCUT2D eigenvalue weighted by Gasteiger charge is 2.16. The van der Waals surface area contributed by atoms with Crippen LogP contribution in [-0.2, 0) is 11.2 Å². The van der Waals surface area contributed by atoms with E-state index in [-0.39, 0.29) is 6.04 Å². The highest BCUT2D eigenvalue weighted by atomic mass is 16.5. The minimum Gasteiger partial charge on any atom is -0.383 e. The van der Waals surface area contributed by atoms with Crippen LogP contribution < -0.4 is 10.6 Å². The maximum absolute atomic E-state index is 5.90. The Hall–Kier alpha value is -1.13. The van der Waals surface area contributed by atoms with Gasteiger partial charge in [-0.15, -0.1) is 0 Å². The molecule has 0 spiro atoms. The molecule has 0 aliphatic heterocycles. The number of nitrogens with zero attached hydrogens (tertiary/aromatic N) is 2. The molecule has 18 heavy (non-hydrogen) atoms. The molecule has 1 unspecified atom stereocenters. The van der Waals surface area contributed by atoms with Gasteiger partial charge in [-0.05, 0) is 38.8 Å². The van der Waals surface area contributed by atoms with Crippen LogP contribution in [0.1, 0.15) is 26.3 Å². The van der Waals surface area contributed by atoms with Gasteiger partial charge in [0, 0.05) is 31.9 Å². The molecular formula is C14H25N3O. The average molecular weight is 251 g/mol. The molecule has 1 atom stereocenters. The fraction of sp³-hybridized carbons (Fsp3) is 0.643. The third-order valence-corrected chi connectivity index (χ3v) is 2.84. The van der Waals surface area contributed by atoms with Crippen molar-refractivity contribution in [2.24, 2.45) is 5.73 Å². The molecule has 1 rings (SSSR count). The molecule has 0 saturated carbocycles. The number of aromatic nitrogens is 1. The van der Waals surface area contributed by atoms with Gasteiger partial charge in [0.05, 0.1) is 6.61 Å². The normalized spacial score (nSPS) is 12.8. The predicted octanol–water partition coefficient (Wildman–Crippen LogP) is 1.83. The summed E-state index contributed by atoms with van der Waals surface area (Å²) in [5.74, 6) is 1.03. The fourth-order valence-electron chi connectivity index (χ4n) is 1.99. The van der Waals surface area contributed by atoms with E-state index in [4.69, 9.17) is 10.5 Å². The lowest BCUT2D eigenvalue weighted by molar-refractivity contribution is 0.203. The molecule has 4 nitrogen and oxygen atoms in total. The number of hydrogen-bond donors (Lipinski definition) is 1. The first kappa shape index (κ1) is 14.9. The molecule has 0 fully saturated rings. The maximum Gasteiger partial charge on any atom is 0.132 e. The zero-order valence-electron chi connectivity index (χ0n) is 11.9. The molecule has 0 saturated heterocycles. The Bertz CT molecular complexity index is 353. The molecule has 2 N–H and O–H groups in total. The second-order valence-electron chi connectivity index (χ2n) is 4.95. The van der Waals surface area contributed by atoms with E-state index >= 15 is 0 Å². The van der Waals surface area contributed by atoms with Crippen LogP contribution in [0.25, 0.3) is 0 Å². The highest BCUT2D eigenvalue weighted by Crippen LogP contribution is 2.20. The first-order chi connectivity index (χ1) is 8.56. The monoisotopic (exact) mass is 251 g/mol. The smallest absolute Gasteiger partial charge is 0.132 e. The first-order valence-electron chi connectivity index (χ1n) is 6.51. The Balaban J connectivity index is 2.95. The summed E-state index contributed by atoms with van der Waals surface area (Å²) >= 11 is 0. The third-order valence-electron chi connectivity index (χ3n) is 2.84. The predicted molar refractivity (Wildman–Crippen MR) is 75.9 cm³/mol. The summed E-state index contributed by atoms with van der Waals surface area (Å²) in [6.45, 7) is 7.90. The van der Waals surface area contributed by atoms with Crippen molar-refractivity contribution in [1.29, 1.82) is 0 Å². The molecule has 0 aliphatic carbocycles. The summed E-state index contributed by atoms with van der Waals surface area (Å²) in [4.78, 5) is 6.79. The number of methoxy groups -OCH3 is 1. The third kappa shape index (κ3) is 4.27. The first-order valence-corrected chi connectivity index (χ1v) is 6.51. The zero-order chi connectivity index (χ0) is 13.5. The van der Waals surface area contributed by atoms with Crippen LogP contribution in [0.3, 0.4) is 0 Å². The van der Waals surface area contributed by atoms with Crippen molar-refractivity contribution in [1.82, 2.24) is 4.98 Å². The van der Waals surface area contributed by atoms with Crippen LogP contribution >= 0.6 is 0 Å². The molecule has 0 aromatic carbocycles. The lowest BCUT2D eigenvalue weighted by Gasteiger charge is -2.29. The van der Waals surface area contributed by atoms with Crippen molar-refractivity contribution >= 4 is 5.82 Å². The Morgan fingerprint density at radius 2 is 2.11 bits per heavy atom. The van der Waals surface area contributed by atoms with E-state index in [0.29, 0.717) is 12.6 Å². The van der Waals surface area contributed by atoms with Gasteiger partial charge in [-0.1, -0.05) is 6.07 Å². The van der Waals surface area contributed by atoms with Gasteiger partial charge in [-0.3, -0.25) is 0 Å². The highest BCUT2D eigenvalue weighted by molar-refractivity contribution is 5.47. The van der Waals surface area contributed by atoms with E-state index in [1.807, 2.05) is 19.2 Å². The summed E-state index contributed by atoms with van der Waals surface area (Å²) in [6, 6.07) is 4.61. The van der Waals surface area contributed by atoms with Crippen LogP contribution in [-0.4, -0.2) is 37.3 Å². The van der Waals surface area contributed by atoms with E-state index in [0.717, 1.165) is 18.8 Å². The lowest BCUT2D eigenvalue weighted by Crippen LogP contribution is -2.35. The van der Waals surface area contributed by atoms with Crippen molar-refractivity contribution in [2.45, 2.75) is 39.3 Å². The van der Waals surface area contributed by atoms with Gasteiger partial charge < -0.3 is 15.4 Å². The van der Waals surface area contributed by atoms with Gasteiger partial charge in [0.15, 0.2) is 0 Å². The van der Waals surface area contributed by atoms with Crippen molar-refractivity contribution < 1.29 is 4.74 Å². The molecular weight excluding hydrogens is 226 g/mol. The molecule has 0 amide bonds. The number of anilines is 1. The van der Waals surface area contributed by atoms with Crippen LogP contribution in [0.2, 0.25) is 0 Å². The van der Waals surface area contributed by atoms with E-state index in [2.05, 4.69) is 29.8 Å². The molecule has 0 bridgehead atoms. The molecule has 102 valence electrons. The lowest BCUT2D eigenvalue weighted by atomic mass is 10.1. The number of pyridine rings is 1. The molecule has 4 heteroatoms. The van der Waals surface area contributed by atoms with Gasteiger partial charge in [0.1, 0.15) is 5.82 Å². The van der Waals surface area contributed by atoms with Crippen molar-refractivity contribution in [3.05, 3.63) is 23.9 Å². The van der Waals surface area contributed by atoms with Crippen LogP contribution in [0.5, 0.6) is 0 Å². The van der Waals surface area contributed by atoms with Crippen molar-refractivity contribution in [2.75, 3.05) is 25.2 Å². The number of rotatable bonds is 7. The Labute approximate surface area is 110 Å². The largest absolute Gasteiger partial charge is 0.383 e. The zero-order valence-corrected chi connectivity index (χ0v) is 11.9. The Morgan fingerprint density at radius 3 is 2.67 bits per heavy atom. The number of nitrogens with two attached hydrogens (primary N) is 1. The second-order valence-corrected chi connectivity index (χ2v) is 4.95. The van der Waals surface area contributed by atoms with Gasteiger partial charge in [-0.25, -0.2) is 4.98 Å². The summed E-state index contributed by atoms with van der Waals surface area (Å²) in [5.41, 5.74) is 7.10. The van der Waals surface area contributed by atoms with E-state index in [1.165, 1.54) is 5.56 Å². The molecule has 1 heterocycles. The van der Waals surface area contributed by atoms with Crippen molar-refractivity contribution in [3.63, 3.8) is 0 Å². The van der Waals surface area contributed by atoms with E-state index in [1.54, 1.807) is 7.11 Å². The molecule has 1 aromatic rings. The SMILES string of the molecule is COCCN(c1ncccc1CC(C)N)C(C)C. The van der Waals surface area contributed by atoms with Crippen LogP contribution in [0, 0.1) is 0 Å². The Morgan fingerprint density at radius 1 is 1.39 bits per heavy atom. The standard InChI is InChI=1S/C14H25N3O/c1-11(2)17(8-9-18-4)14-13(10-12(3)15)6-5-7-16-14/h5-7,11-12H,8-10,15H2,1-4H3. The maximum atomic E-state index is 5.90. The number of ether oxygens (including phenoxy) is 1. The summed E-state index contributed by atoms with van der Waals surface area (Å²) in [7, 11) is 1.72. The van der Waals surface area contributed by atoms with Crippen molar-refractivity contribution in [3.8, 4) is 0 Å². The number of hydrogen-bond acceptors (Lipinski definition) is 4. The fourth-order valence-corrected chi connectivity index (χ4v) is 1.99. The van der Waals surface area contributed by atoms with E-state index in [9.17, 15) is 0 Å². The average Bonchev–Trinajstić information content (AvgIpc) is 2.30. The second kappa shape index (κ2) is 7.34. The van der Waals surface area contributed by atoms with Gasteiger partial charge in [-0.2, -0.15) is 0 Å². The molecule has 1 aromatic heterocycles. The van der Waals surface area contributed by atoms with Gasteiger partial charge >= 0.3 is 0 Å². The molecule has 0 radical (unpaired) electrons. The van der Waals surface area contributed by atoms with Gasteiger partial charge in [0.2, 0.25) is 0 Å². The summed E-state index contributed by atoms with van der Waals surface area (Å²) < 4.78 is 5.17. The molecule has 0 aliphatic rings. The summed E-state index contributed by atoms with van der Waals surface area (Å²) in [6.07, 6.45) is 2.68. The summed E-state index contributed by atoms with van der Waals surface area (Å²) in [5, 5.41) is 0. The van der Waals surface area contributed by atoms with E-state index < -0.39 is 0 Å². The van der Waals surface area contributed by atoms with Crippen LogP contribution in [0.4, 0.5) is 5.82 Å². The quantitative estimate of drug-likeness (QED) is 0.803.